The van der Waals surface area contributed by atoms with Gasteiger partial charge in [-0.25, -0.2) is 0 Å². The maximum atomic E-state index is 12.0. The predicted octanol–water partition coefficient (Wildman–Crippen LogP) is 4.17. The van der Waals surface area contributed by atoms with Gasteiger partial charge >= 0.3 is 5.97 Å². The molecule has 0 spiro atoms. The smallest absolute Gasteiger partial charge is 0.314 e. The lowest BCUT2D eigenvalue weighted by Gasteiger charge is -2.27. The molecule has 0 bridgehead atoms. The van der Waals surface area contributed by atoms with E-state index in [1.54, 1.807) is 0 Å². The number of benzene rings is 1. The Morgan fingerprint density at radius 1 is 1.16 bits per heavy atom. The van der Waals surface area contributed by atoms with E-state index in [-0.39, 0.29) is 17.8 Å². The van der Waals surface area contributed by atoms with Crippen molar-refractivity contribution in [3.63, 3.8) is 0 Å². The molecule has 0 aliphatic carbocycles. The van der Waals surface area contributed by atoms with E-state index >= 15 is 0 Å². The first-order chi connectivity index (χ1) is 8.93. The van der Waals surface area contributed by atoms with Crippen molar-refractivity contribution < 1.29 is 9.53 Å². The molecule has 19 heavy (non-hydrogen) atoms. The highest BCUT2D eigenvalue weighted by atomic mass is 16.5. The summed E-state index contributed by atoms with van der Waals surface area (Å²) in [4.78, 5) is 12.0. The molecule has 0 saturated carbocycles. The highest BCUT2D eigenvalue weighted by Gasteiger charge is 2.30. The molecule has 102 valence electrons. The molecular formula is C17H22O2. The topological polar surface area (TPSA) is 26.3 Å². The summed E-state index contributed by atoms with van der Waals surface area (Å²) >= 11 is 0. The fourth-order valence-corrected chi connectivity index (χ4v) is 3.03. The lowest BCUT2D eigenvalue weighted by molar-refractivity contribution is -0.143. The van der Waals surface area contributed by atoms with Crippen molar-refractivity contribution in [1.82, 2.24) is 0 Å². The van der Waals surface area contributed by atoms with Gasteiger partial charge in [-0.05, 0) is 50.3 Å². The van der Waals surface area contributed by atoms with Crippen LogP contribution >= 0.6 is 0 Å². The molecule has 0 unspecified atom stereocenters. The van der Waals surface area contributed by atoms with Crippen LogP contribution in [0.15, 0.2) is 18.2 Å². The monoisotopic (exact) mass is 258 g/mol. The lowest BCUT2D eigenvalue weighted by atomic mass is 9.87. The van der Waals surface area contributed by atoms with E-state index in [0.29, 0.717) is 0 Å². The third kappa shape index (κ3) is 2.58. The quantitative estimate of drug-likeness (QED) is 0.744. The van der Waals surface area contributed by atoms with Crippen LogP contribution in [0, 0.1) is 32.6 Å². The summed E-state index contributed by atoms with van der Waals surface area (Å²) in [7, 11) is 0. The first-order valence-electron chi connectivity index (χ1n) is 6.95. The number of hydrogen-bond donors (Lipinski definition) is 0. The molecule has 1 aliphatic heterocycles. The number of aryl methyl sites for hydroxylation is 3. The summed E-state index contributed by atoms with van der Waals surface area (Å²) in [5.41, 5.74) is 4.64. The van der Waals surface area contributed by atoms with E-state index in [0.717, 1.165) is 17.7 Å². The molecule has 0 fully saturated rings. The second-order valence-electron chi connectivity index (χ2n) is 5.60. The Hall–Kier alpha value is -1.57. The van der Waals surface area contributed by atoms with Crippen molar-refractivity contribution in [3.8, 4) is 0 Å². The van der Waals surface area contributed by atoms with E-state index < -0.39 is 0 Å². The standard InChI is InChI=1S/C17H22O2/c1-6-14-11(3)9-15(19-17(14)18)16-12(4)7-10(2)8-13(16)5/h7-9,11,14H,6H2,1-5H3/t11-,14+/m0/s1. The van der Waals surface area contributed by atoms with Gasteiger partial charge in [-0.1, -0.05) is 31.5 Å². The molecule has 2 rings (SSSR count). The van der Waals surface area contributed by atoms with E-state index in [1.807, 2.05) is 6.92 Å². The van der Waals surface area contributed by atoms with Crippen molar-refractivity contribution in [1.29, 1.82) is 0 Å². The van der Waals surface area contributed by atoms with Crippen LogP contribution in [0.1, 0.15) is 42.5 Å². The maximum Gasteiger partial charge on any atom is 0.314 e. The average molecular weight is 258 g/mol. The summed E-state index contributed by atoms with van der Waals surface area (Å²) in [6.07, 6.45) is 2.93. The van der Waals surface area contributed by atoms with Crippen LogP contribution in [0.4, 0.5) is 0 Å². The van der Waals surface area contributed by atoms with Crippen molar-refractivity contribution in [2.75, 3.05) is 0 Å². The molecule has 2 heteroatoms. The van der Waals surface area contributed by atoms with Crippen LogP contribution in [-0.4, -0.2) is 5.97 Å². The first kappa shape index (κ1) is 13.9. The summed E-state index contributed by atoms with van der Waals surface area (Å²) < 4.78 is 5.57. The van der Waals surface area contributed by atoms with Gasteiger partial charge in [0.1, 0.15) is 5.76 Å². The first-order valence-corrected chi connectivity index (χ1v) is 6.95. The predicted molar refractivity (Wildman–Crippen MR) is 77.7 cm³/mol. The van der Waals surface area contributed by atoms with Crippen molar-refractivity contribution in [3.05, 3.63) is 40.5 Å². The SMILES string of the molecule is CC[C@H]1C(=O)OC(c2c(C)cc(C)cc2C)=C[C@@H]1C. The summed E-state index contributed by atoms with van der Waals surface area (Å²) in [5.74, 6) is 0.875. The largest absolute Gasteiger partial charge is 0.426 e. The number of cyclic esters (lactones) is 1. The molecule has 0 saturated heterocycles. The van der Waals surface area contributed by atoms with Crippen LogP contribution in [0.3, 0.4) is 0 Å². The van der Waals surface area contributed by atoms with Gasteiger partial charge < -0.3 is 4.74 Å². The molecular weight excluding hydrogens is 236 g/mol. The van der Waals surface area contributed by atoms with Crippen molar-refractivity contribution in [2.45, 2.75) is 41.0 Å². The number of allylic oxidation sites excluding steroid dienone is 1. The summed E-state index contributed by atoms with van der Waals surface area (Å²) in [6.45, 7) is 10.3. The number of carbonyl (C=O) groups excluding carboxylic acids is 1. The second-order valence-corrected chi connectivity index (χ2v) is 5.60. The second kappa shape index (κ2) is 5.20. The fraction of sp³-hybridized carbons (Fsp3) is 0.471. The van der Waals surface area contributed by atoms with E-state index in [9.17, 15) is 4.79 Å². The number of carbonyl (C=O) groups is 1. The van der Waals surface area contributed by atoms with Gasteiger partial charge in [0.05, 0.1) is 5.92 Å². The zero-order valence-electron chi connectivity index (χ0n) is 12.4. The Morgan fingerprint density at radius 3 is 2.21 bits per heavy atom. The third-order valence-corrected chi connectivity index (χ3v) is 3.93. The highest BCUT2D eigenvalue weighted by Crippen LogP contribution is 2.34. The number of ether oxygens (including phenoxy) is 1. The number of hydrogen-bond acceptors (Lipinski definition) is 2. The van der Waals surface area contributed by atoms with Crippen LogP contribution < -0.4 is 0 Å². The van der Waals surface area contributed by atoms with Gasteiger partial charge in [-0.2, -0.15) is 0 Å². The summed E-state index contributed by atoms with van der Waals surface area (Å²) in [5, 5.41) is 0. The van der Waals surface area contributed by atoms with Gasteiger partial charge in [0, 0.05) is 5.56 Å². The number of rotatable bonds is 2. The van der Waals surface area contributed by atoms with Crippen molar-refractivity contribution >= 4 is 11.7 Å². The minimum Gasteiger partial charge on any atom is -0.426 e. The molecule has 0 N–H and O–H groups in total. The van der Waals surface area contributed by atoms with Crippen LogP contribution in [0.5, 0.6) is 0 Å². The van der Waals surface area contributed by atoms with Gasteiger partial charge in [0.25, 0.3) is 0 Å². The van der Waals surface area contributed by atoms with Gasteiger partial charge in [0.2, 0.25) is 0 Å². The molecule has 2 nitrogen and oxygen atoms in total. The molecule has 1 heterocycles. The molecule has 0 aromatic heterocycles. The third-order valence-electron chi connectivity index (χ3n) is 3.93. The summed E-state index contributed by atoms with van der Waals surface area (Å²) in [6, 6.07) is 4.27. The van der Waals surface area contributed by atoms with E-state index in [2.05, 4.69) is 45.9 Å². The molecule has 1 aliphatic rings. The number of esters is 1. The van der Waals surface area contributed by atoms with Gasteiger partial charge in [-0.3, -0.25) is 4.79 Å². The Bertz CT molecular complexity index is 517. The van der Waals surface area contributed by atoms with Gasteiger partial charge in [-0.15, -0.1) is 0 Å². The Labute approximate surface area is 115 Å². The Kier molecular flexibility index (Phi) is 3.79. The average Bonchev–Trinajstić information content (AvgIpc) is 2.26. The highest BCUT2D eigenvalue weighted by molar-refractivity contribution is 5.84. The van der Waals surface area contributed by atoms with Crippen LogP contribution in [0.25, 0.3) is 5.76 Å². The Balaban J connectivity index is 2.46. The molecule has 0 radical (unpaired) electrons. The molecule has 1 aromatic carbocycles. The van der Waals surface area contributed by atoms with Crippen molar-refractivity contribution in [2.24, 2.45) is 11.8 Å². The van der Waals surface area contributed by atoms with E-state index in [4.69, 9.17) is 4.74 Å². The maximum absolute atomic E-state index is 12.0. The van der Waals surface area contributed by atoms with E-state index in [1.165, 1.54) is 16.7 Å². The van der Waals surface area contributed by atoms with Gasteiger partial charge in [0.15, 0.2) is 0 Å². The fourth-order valence-electron chi connectivity index (χ4n) is 3.03. The molecule has 0 amide bonds. The van der Waals surface area contributed by atoms with Crippen LogP contribution in [-0.2, 0) is 9.53 Å². The zero-order valence-corrected chi connectivity index (χ0v) is 12.4. The van der Waals surface area contributed by atoms with Crippen LogP contribution in [0.2, 0.25) is 0 Å². The minimum atomic E-state index is -0.0909. The Morgan fingerprint density at radius 2 is 1.74 bits per heavy atom. The molecule has 2 atom stereocenters. The minimum absolute atomic E-state index is 0.00480. The lowest BCUT2D eigenvalue weighted by Crippen LogP contribution is -2.27. The molecule has 1 aromatic rings. The zero-order chi connectivity index (χ0) is 14.2. The normalized spacial score (nSPS) is 23.0.